The van der Waals surface area contributed by atoms with E-state index in [1.165, 1.54) is 0 Å². The molecule has 0 aliphatic heterocycles. The van der Waals surface area contributed by atoms with Crippen LogP contribution in [0, 0.1) is 0 Å². The van der Waals surface area contributed by atoms with Gasteiger partial charge >= 0.3 is 54.5 Å². The van der Waals surface area contributed by atoms with Crippen molar-refractivity contribution in [2.45, 2.75) is 0 Å². The molecule has 0 saturated heterocycles. The Morgan fingerprint density at radius 1 is 1.86 bits per heavy atom. The molecule has 0 spiro atoms. The first-order chi connectivity index (χ1) is 3.31. The number of rotatable bonds is 3. The summed E-state index contributed by atoms with van der Waals surface area (Å²) < 4.78 is 1.12. The fraction of sp³-hybridized carbons (Fsp3) is 0.200. The van der Waals surface area contributed by atoms with E-state index < -0.39 is 0 Å². The number of hydrogen-bond donors (Lipinski definition) is 1. The van der Waals surface area contributed by atoms with Gasteiger partial charge in [0.15, 0.2) is 0 Å². The van der Waals surface area contributed by atoms with E-state index in [0.717, 1.165) is 3.70 Å². The predicted octanol–water partition coefficient (Wildman–Crippen LogP) is -2.09. The Morgan fingerprint density at radius 2 is 2.43 bits per heavy atom. The van der Waals surface area contributed by atoms with Gasteiger partial charge in [-0.3, -0.25) is 0 Å². The zero-order valence-electron chi connectivity index (χ0n) is 4.37. The van der Waals surface area contributed by atoms with Crippen molar-refractivity contribution < 1.29 is 21.2 Å². The van der Waals surface area contributed by atoms with Crippen LogP contribution in [0.4, 0.5) is 0 Å². The summed E-state index contributed by atoms with van der Waals surface area (Å²) in [6, 6.07) is 0. The third kappa shape index (κ3) is 3.85. The molecule has 0 aromatic carbocycles. The SMILES string of the molecule is C=CNC(=C)[I-]C. The molecule has 0 amide bonds. The van der Waals surface area contributed by atoms with Crippen LogP contribution in [-0.4, -0.2) is 4.93 Å². The second-order valence-electron chi connectivity index (χ2n) is 0.942. The normalized spacial score (nSPS) is 8.14. The van der Waals surface area contributed by atoms with Crippen LogP contribution >= 0.6 is 0 Å². The zero-order valence-corrected chi connectivity index (χ0v) is 6.53. The second-order valence-corrected chi connectivity index (χ2v) is 3.32. The maximum atomic E-state index is 3.73. The Labute approximate surface area is 54.8 Å². The molecule has 7 heavy (non-hydrogen) atoms. The standard InChI is InChI=1S/C5H9IN/c1-4-7-5(2)6-3/h4,7H,1-2H2,3H3/q-1. The van der Waals surface area contributed by atoms with Crippen LogP contribution in [-0.2, 0) is 0 Å². The third-order valence-corrected chi connectivity index (χ3v) is 2.10. The number of hydrogen-bond acceptors (Lipinski definition) is 1. The van der Waals surface area contributed by atoms with Crippen molar-refractivity contribution in [3.05, 3.63) is 23.1 Å². The van der Waals surface area contributed by atoms with Gasteiger partial charge in [0.05, 0.1) is 0 Å². The maximum absolute atomic E-state index is 3.73. The van der Waals surface area contributed by atoms with Crippen molar-refractivity contribution in [1.29, 1.82) is 0 Å². The van der Waals surface area contributed by atoms with Gasteiger partial charge in [0.2, 0.25) is 0 Å². The first kappa shape index (κ1) is 7.01. The van der Waals surface area contributed by atoms with Crippen LogP contribution < -0.4 is 26.5 Å². The molecule has 0 atom stereocenters. The molecule has 0 saturated carbocycles. The molecule has 1 nitrogen and oxygen atoms in total. The molecule has 0 aliphatic rings. The Hall–Kier alpha value is 0.01000. The molecule has 1 N–H and O–H groups in total. The van der Waals surface area contributed by atoms with E-state index in [2.05, 4.69) is 23.4 Å². The molecule has 0 bridgehead atoms. The minimum absolute atomic E-state index is 0.161. The summed E-state index contributed by atoms with van der Waals surface area (Å²) >= 11 is 0.161. The summed E-state index contributed by atoms with van der Waals surface area (Å²) in [7, 11) is 0. The summed E-state index contributed by atoms with van der Waals surface area (Å²) in [6.07, 6.45) is 1.66. The van der Waals surface area contributed by atoms with Crippen LogP contribution in [0.3, 0.4) is 0 Å². The Kier molecular flexibility index (Phi) is 4.18. The fourth-order valence-electron chi connectivity index (χ4n) is 0.165. The third-order valence-electron chi connectivity index (χ3n) is 0.487. The summed E-state index contributed by atoms with van der Waals surface area (Å²) in [4.78, 5) is 2.15. The number of nitrogens with one attached hydrogen (secondary N) is 1. The van der Waals surface area contributed by atoms with Crippen molar-refractivity contribution in [1.82, 2.24) is 5.32 Å². The van der Waals surface area contributed by atoms with Crippen molar-refractivity contribution >= 4 is 0 Å². The van der Waals surface area contributed by atoms with Gasteiger partial charge < -0.3 is 0 Å². The average molecular weight is 210 g/mol. The topological polar surface area (TPSA) is 12.0 Å². The van der Waals surface area contributed by atoms with Gasteiger partial charge in [-0.2, -0.15) is 0 Å². The molecule has 0 radical (unpaired) electrons. The minimum atomic E-state index is 0.161. The quantitative estimate of drug-likeness (QED) is 0.320. The van der Waals surface area contributed by atoms with Crippen LogP contribution in [0.5, 0.6) is 0 Å². The van der Waals surface area contributed by atoms with E-state index in [1.807, 2.05) is 0 Å². The van der Waals surface area contributed by atoms with Crippen molar-refractivity contribution in [2.24, 2.45) is 0 Å². The molecule has 0 aliphatic carbocycles. The summed E-state index contributed by atoms with van der Waals surface area (Å²) in [5.74, 6) is 0. The van der Waals surface area contributed by atoms with Crippen molar-refractivity contribution in [3.8, 4) is 0 Å². The second kappa shape index (κ2) is 4.18. The fourth-order valence-corrected chi connectivity index (χ4v) is 0.697. The molecule has 0 fully saturated rings. The van der Waals surface area contributed by atoms with Crippen LogP contribution in [0.25, 0.3) is 0 Å². The van der Waals surface area contributed by atoms with Gasteiger partial charge in [0.1, 0.15) is 0 Å². The van der Waals surface area contributed by atoms with Gasteiger partial charge in [-0.15, -0.1) is 0 Å². The first-order valence-electron chi connectivity index (χ1n) is 1.87. The molecule has 0 aromatic heterocycles. The van der Waals surface area contributed by atoms with Crippen LogP contribution in [0.2, 0.25) is 0 Å². The molecular formula is C5H9IN-. The predicted molar refractivity (Wildman–Crippen MR) is 28.4 cm³/mol. The molecule has 2 heteroatoms. The van der Waals surface area contributed by atoms with Gasteiger partial charge in [0.25, 0.3) is 0 Å². The van der Waals surface area contributed by atoms with Gasteiger partial charge in [-0.05, 0) is 0 Å². The van der Waals surface area contributed by atoms with E-state index in [0.29, 0.717) is 0 Å². The van der Waals surface area contributed by atoms with Crippen LogP contribution in [0.15, 0.2) is 23.1 Å². The molecule has 42 valence electrons. The summed E-state index contributed by atoms with van der Waals surface area (Å²) in [5, 5.41) is 2.91. The molecule has 0 heterocycles. The molecule has 0 aromatic rings. The van der Waals surface area contributed by atoms with E-state index in [1.54, 1.807) is 6.20 Å². The van der Waals surface area contributed by atoms with Crippen molar-refractivity contribution in [2.75, 3.05) is 4.93 Å². The first-order valence-corrected chi connectivity index (χ1v) is 5.10. The molecule has 0 unspecified atom stereocenters. The molecular weight excluding hydrogens is 201 g/mol. The van der Waals surface area contributed by atoms with Crippen molar-refractivity contribution in [3.63, 3.8) is 0 Å². The number of halogens is 1. The van der Waals surface area contributed by atoms with Crippen LogP contribution in [0.1, 0.15) is 0 Å². The van der Waals surface area contributed by atoms with Gasteiger partial charge in [0, 0.05) is 0 Å². The average Bonchev–Trinajstić information content (AvgIpc) is 1.68. The Bertz CT molecular complexity index is 78.1. The van der Waals surface area contributed by atoms with Gasteiger partial charge in [-0.1, -0.05) is 0 Å². The van der Waals surface area contributed by atoms with Gasteiger partial charge in [-0.25, -0.2) is 0 Å². The summed E-state index contributed by atoms with van der Waals surface area (Å²) in [6.45, 7) is 7.22. The van der Waals surface area contributed by atoms with E-state index >= 15 is 0 Å². The van der Waals surface area contributed by atoms with E-state index in [9.17, 15) is 0 Å². The Morgan fingerprint density at radius 3 is 2.57 bits per heavy atom. The van der Waals surface area contributed by atoms with E-state index in [-0.39, 0.29) is 21.2 Å². The monoisotopic (exact) mass is 210 g/mol. The zero-order chi connectivity index (χ0) is 5.70. The van der Waals surface area contributed by atoms with E-state index in [4.69, 9.17) is 0 Å². The number of alkyl halides is 1. The Balaban J connectivity index is 3.17. The molecule has 0 rings (SSSR count). The summed E-state index contributed by atoms with van der Waals surface area (Å²) in [5.41, 5.74) is 0.